The van der Waals surface area contributed by atoms with Crippen LogP contribution in [0.15, 0.2) is 36.7 Å². The van der Waals surface area contributed by atoms with Crippen molar-refractivity contribution in [2.75, 3.05) is 50.9 Å². The average molecular weight is 471 g/mol. The third-order valence-electron chi connectivity index (χ3n) is 6.51. The third-order valence-corrected chi connectivity index (χ3v) is 6.51. The van der Waals surface area contributed by atoms with Gasteiger partial charge < -0.3 is 20.9 Å². The molecule has 34 heavy (non-hydrogen) atoms. The molecule has 2 fully saturated rings. The van der Waals surface area contributed by atoms with Gasteiger partial charge in [-0.1, -0.05) is 26.0 Å². The molecule has 188 valence electrons. The molecule has 0 amide bonds. The van der Waals surface area contributed by atoms with Gasteiger partial charge in [0.05, 0.1) is 25.4 Å². The number of nitrogens with zero attached hydrogens (tertiary/aromatic N) is 4. The van der Waals surface area contributed by atoms with Crippen molar-refractivity contribution in [2.45, 2.75) is 64.8 Å². The zero-order valence-electron chi connectivity index (χ0n) is 21.2. The van der Waals surface area contributed by atoms with Crippen LogP contribution in [0.1, 0.15) is 63.9 Å². The number of anilines is 2. The fourth-order valence-electron chi connectivity index (χ4n) is 4.43. The second-order valence-corrected chi connectivity index (χ2v) is 9.36. The molecule has 0 unspecified atom stereocenters. The van der Waals surface area contributed by atoms with Crippen molar-refractivity contribution in [3.8, 4) is 0 Å². The molecule has 2 saturated heterocycles. The minimum absolute atomic E-state index is 0.130. The summed E-state index contributed by atoms with van der Waals surface area (Å²) in [7, 11) is 0. The Balaban J connectivity index is 0.000000191. The van der Waals surface area contributed by atoms with Gasteiger partial charge >= 0.3 is 0 Å². The molecule has 0 saturated carbocycles. The van der Waals surface area contributed by atoms with Gasteiger partial charge in [-0.05, 0) is 51.9 Å². The van der Waals surface area contributed by atoms with Gasteiger partial charge in [-0.15, -0.1) is 0 Å². The predicted molar refractivity (Wildman–Crippen MR) is 137 cm³/mol. The molecule has 0 aliphatic carbocycles. The topological polar surface area (TPSA) is 103 Å². The fourth-order valence-corrected chi connectivity index (χ4v) is 4.43. The number of aromatic nitrogens is 2. The molecule has 0 radical (unpaired) electrons. The standard InChI is InChI=1S/2C13H21N3O/c2*1-3-6-16-8-12(17-9-10(16)2)11-4-5-13(14)15-7-11/h2*4-5,7,10,12H,3,6,8-9H2,1-2H3,(H2,14,15)/t10-,12+;10-,12-/m00/s1. The van der Waals surface area contributed by atoms with Crippen LogP contribution in [-0.2, 0) is 9.47 Å². The van der Waals surface area contributed by atoms with Crippen LogP contribution in [0.3, 0.4) is 0 Å². The van der Waals surface area contributed by atoms with Crippen LogP contribution in [0.2, 0.25) is 0 Å². The molecular formula is C26H42N6O2. The summed E-state index contributed by atoms with van der Waals surface area (Å²) in [5, 5.41) is 0. The van der Waals surface area contributed by atoms with Crippen LogP contribution in [0.5, 0.6) is 0 Å². The normalized spacial score (nSPS) is 26.0. The summed E-state index contributed by atoms with van der Waals surface area (Å²) in [6.45, 7) is 14.6. The van der Waals surface area contributed by atoms with Crippen molar-refractivity contribution in [3.63, 3.8) is 0 Å². The van der Waals surface area contributed by atoms with Gasteiger partial charge in [0, 0.05) is 48.7 Å². The van der Waals surface area contributed by atoms with Crippen LogP contribution in [0, 0.1) is 0 Å². The summed E-state index contributed by atoms with van der Waals surface area (Å²) in [4.78, 5) is 13.2. The quantitative estimate of drug-likeness (QED) is 0.659. The Bertz CT molecular complexity index is 776. The Hall–Kier alpha value is -2.26. The summed E-state index contributed by atoms with van der Waals surface area (Å²) >= 11 is 0. The first-order valence-corrected chi connectivity index (χ1v) is 12.5. The summed E-state index contributed by atoms with van der Waals surface area (Å²) in [6, 6.07) is 8.70. The second-order valence-electron chi connectivity index (χ2n) is 9.36. The van der Waals surface area contributed by atoms with Gasteiger partial charge in [0.15, 0.2) is 0 Å². The van der Waals surface area contributed by atoms with Gasteiger partial charge in [0.1, 0.15) is 11.6 Å². The molecule has 2 aromatic heterocycles. The smallest absolute Gasteiger partial charge is 0.123 e. The van der Waals surface area contributed by atoms with Gasteiger partial charge in [0.25, 0.3) is 0 Å². The molecule has 0 aromatic carbocycles. The van der Waals surface area contributed by atoms with Gasteiger partial charge in [-0.3, -0.25) is 9.80 Å². The lowest BCUT2D eigenvalue weighted by Crippen LogP contribution is -2.45. The van der Waals surface area contributed by atoms with Crippen molar-refractivity contribution in [3.05, 3.63) is 47.8 Å². The minimum Gasteiger partial charge on any atom is -0.384 e. The largest absolute Gasteiger partial charge is 0.384 e. The van der Waals surface area contributed by atoms with E-state index in [0.29, 0.717) is 23.7 Å². The van der Waals surface area contributed by atoms with Crippen LogP contribution in [0.4, 0.5) is 11.6 Å². The minimum atomic E-state index is 0.130. The molecule has 2 aliphatic rings. The van der Waals surface area contributed by atoms with E-state index in [0.717, 1.165) is 50.5 Å². The van der Waals surface area contributed by atoms with E-state index in [1.54, 1.807) is 0 Å². The van der Waals surface area contributed by atoms with Crippen LogP contribution < -0.4 is 11.5 Å². The first-order valence-electron chi connectivity index (χ1n) is 12.5. The molecule has 2 aliphatic heterocycles. The number of hydrogen-bond acceptors (Lipinski definition) is 8. The highest BCUT2D eigenvalue weighted by atomic mass is 16.5. The number of morpholine rings is 2. The number of nitrogens with two attached hydrogens (primary N) is 2. The van der Waals surface area contributed by atoms with Crippen molar-refractivity contribution in [2.24, 2.45) is 0 Å². The van der Waals surface area contributed by atoms with E-state index < -0.39 is 0 Å². The monoisotopic (exact) mass is 470 g/mol. The third kappa shape index (κ3) is 7.37. The van der Waals surface area contributed by atoms with E-state index in [4.69, 9.17) is 20.9 Å². The molecular weight excluding hydrogens is 428 g/mol. The second kappa shape index (κ2) is 13.0. The Morgan fingerprint density at radius 3 is 1.50 bits per heavy atom. The maximum Gasteiger partial charge on any atom is 0.123 e. The lowest BCUT2D eigenvalue weighted by Gasteiger charge is -2.38. The van der Waals surface area contributed by atoms with Gasteiger partial charge in [-0.25, -0.2) is 9.97 Å². The molecule has 4 atom stereocenters. The molecule has 2 aromatic rings. The predicted octanol–water partition coefficient (Wildman–Crippen LogP) is 3.67. The Kier molecular flexibility index (Phi) is 10.1. The number of hydrogen-bond donors (Lipinski definition) is 2. The number of pyridine rings is 2. The highest BCUT2D eigenvalue weighted by Gasteiger charge is 2.27. The fraction of sp³-hybridized carbons (Fsp3) is 0.615. The van der Waals surface area contributed by atoms with Crippen molar-refractivity contribution >= 4 is 11.6 Å². The highest BCUT2D eigenvalue weighted by Crippen LogP contribution is 2.26. The number of rotatable bonds is 6. The van der Waals surface area contributed by atoms with E-state index in [-0.39, 0.29) is 12.2 Å². The first-order chi connectivity index (χ1) is 16.4. The summed E-state index contributed by atoms with van der Waals surface area (Å²) in [5.74, 6) is 1.12. The highest BCUT2D eigenvalue weighted by molar-refractivity contribution is 5.31. The lowest BCUT2D eigenvalue weighted by atomic mass is 10.1. The maximum absolute atomic E-state index is 5.87. The number of nitrogen functional groups attached to an aromatic ring is 2. The molecule has 0 bridgehead atoms. The van der Waals surface area contributed by atoms with E-state index in [2.05, 4.69) is 47.5 Å². The molecule has 8 heteroatoms. The molecule has 4 N–H and O–H groups in total. The van der Waals surface area contributed by atoms with Gasteiger partial charge in [0.2, 0.25) is 0 Å². The summed E-state index contributed by atoms with van der Waals surface area (Å²) in [5.41, 5.74) is 13.4. The molecule has 4 heterocycles. The zero-order chi connectivity index (χ0) is 24.5. The Morgan fingerprint density at radius 1 is 0.765 bits per heavy atom. The summed E-state index contributed by atoms with van der Waals surface area (Å²) < 4.78 is 11.7. The van der Waals surface area contributed by atoms with E-state index in [1.807, 2.05) is 36.7 Å². The van der Waals surface area contributed by atoms with E-state index >= 15 is 0 Å². The summed E-state index contributed by atoms with van der Waals surface area (Å²) in [6.07, 6.45) is 6.26. The van der Waals surface area contributed by atoms with Crippen molar-refractivity contribution in [1.29, 1.82) is 0 Å². The molecule has 8 nitrogen and oxygen atoms in total. The van der Waals surface area contributed by atoms with Gasteiger partial charge in [-0.2, -0.15) is 0 Å². The van der Waals surface area contributed by atoms with Crippen LogP contribution in [0.25, 0.3) is 0 Å². The molecule has 0 spiro atoms. The van der Waals surface area contributed by atoms with Crippen molar-refractivity contribution < 1.29 is 9.47 Å². The van der Waals surface area contributed by atoms with Crippen LogP contribution in [-0.4, -0.2) is 71.2 Å². The van der Waals surface area contributed by atoms with E-state index in [1.165, 1.54) is 12.8 Å². The lowest BCUT2D eigenvalue weighted by molar-refractivity contribution is -0.0599. The van der Waals surface area contributed by atoms with Crippen LogP contribution >= 0.6 is 0 Å². The molecule has 4 rings (SSSR count). The van der Waals surface area contributed by atoms with Crippen molar-refractivity contribution in [1.82, 2.24) is 19.8 Å². The SMILES string of the molecule is CCCN1C[C@@H](c2ccc(N)nc2)OC[C@@H]1C.CCCN1C[C@H](c2ccc(N)nc2)OC[C@@H]1C. The zero-order valence-corrected chi connectivity index (χ0v) is 21.2. The average Bonchev–Trinajstić information content (AvgIpc) is 2.84. The Morgan fingerprint density at radius 2 is 1.18 bits per heavy atom. The van der Waals surface area contributed by atoms with E-state index in [9.17, 15) is 0 Å². The first kappa shape index (κ1) is 26.3. The number of ether oxygens (including phenoxy) is 2. The Labute approximate surface area is 204 Å². The maximum atomic E-state index is 5.87.